The van der Waals surface area contributed by atoms with Gasteiger partial charge in [0.1, 0.15) is 12.6 Å². The molecule has 1 unspecified atom stereocenters. The third kappa shape index (κ3) is 6.57. The third-order valence-electron chi connectivity index (χ3n) is 1.40. The van der Waals surface area contributed by atoms with Crippen LogP contribution in [0, 0.1) is 0 Å². The Morgan fingerprint density at radius 1 is 1.75 bits per heavy atom. The summed E-state index contributed by atoms with van der Waals surface area (Å²) in [6.45, 7) is -1.06. The van der Waals surface area contributed by atoms with Crippen LogP contribution >= 0.6 is 12.6 Å². The maximum atomic E-state index is 13.2. The molecule has 16 heavy (non-hydrogen) atoms. The van der Waals surface area contributed by atoms with Gasteiger partial charge in [-0.15, -0.1) is 0 Å². The first-order valence-corrected chi connectivity index (χ1v) is 5.03. The summed E-state index contributed by atoms with van der Waals surface area (Å²) in [6, 6.07) is -1.20. The number of thiol groups is 1. The van der Waals surface area contributed by atoms with Crippen molar-refractivity contribution >= 4 is 24.4 Å². The molecule has 0 amide bonds. The third-order valence-corrected chi connectivity index (χ3v) is 1.66. The predicted octanol–water partition coefficient (Wildman–Crippen LogP) is 0.147. The minimum absolute atomic E-state index is 0.0971. The van der Waals surface area contributed by atoms with Gasteiger partial charge in [-0.25, -0.2) is 0 Å². The quantitative estimate of drug-likeness (QED) is 0.273. The molecule has 0 aromatic carbocycles. The zero-order valence-corrected chi connectivity index (χ0v) is 9.58. The van der Waals surface area contributed by atoms with Crippen molar-refractivity contribution < 1.29 is 19.7 Å². The Morgan fingerprint density at radius 2 is 2.31 bits per heavy atom. The van der Waals surface area contributed by atoms with Crippen molar-refractivity contribution in [2.75, 3.05) is 12.3 Å². The zero-order chi connectivity index (χ0) is 13.6. The number of hydrogen-bond acceptors (Lipinski definition) is 5. The van der Waals surface area contributed by atoms with E-state index in [1.165, 1.54) is 6.92 Å². The summed E-state index contributed by atoms with van der Waals surface area (Å²) in [7, 11) is 0. The number of nitrogens with zero attached hydrogens (tertiary/aromatic N) is 1. The number of amidine groups is 1. The molecule has 5 nitrogen and oxygen atoms in total. The van der Waals surface area contributed by atoms with Crippen LogP contribution in [0.2, 0.25) is 0 Å². The smallest absolute Gasteiger partial charge is 0.398 e. The monoisotopic (exact) mass is 256 g/mol. The SMILES string of the molecule is [2H]C(N=C(C)N)C(F)(F)OC(=O)[C@@H](N)CCS. The summed E-state index contributed by atoms with van der Waals surface area (Å²) in [5.41, 5.74) is 10.3. The molecule has 0 bridgehead atoms. The lowest BCUT2D eigenvalue weighted by molar-refractivity contribution is -0.227. The largest absolute Gasteiger partial charge is 0.420 e. The van der Waals surface area contributed by atoms with E-state index in [0.717, 1.165) is 0 Å². The summed E-state index contributed by atoms with van der Waals surface area (Å²) in [4.78, 5) is 14.2. The lowest BCUT2D eigenvalue weighted by Crippen LogP contribution is -2.39. The van der Waals surface area contributed by atoms with Gasteiger partial charge in [0.05, 0.1) is 7.21 Å². The second-order valence-corrected chi connectivity index (χ2v) is 3.45. The van der Waals surface area contributed by atoms with Crippen molar-refractivity contribution in [3.05, 3.63) is 0 Å². The highest BCUT2D eigenvalue weighted by Crippen LogP contribution is 2.17. The molecule has 2 atom stereocenters. The molecule has 0 aliphatic rings. The first-order valence-electron chi connectivity index (χ1n) is 4.97. The number of rotatable bonds is 6. The Hall–Kier alpha value is -0.890. The summed E-state index contributed by atoms with van der Waals surface area (Å²) in [6.07, 6.45) is -3.97. The van der Waals surface area contributed by atoms with Crippen molar-refractivity contribution in [1.29, 1.82) is 0 Å². The Bertz CT molecular complexity index is 300. The fourth-order valence-corrected chi connectivity index (χ4v) is 0.948. The van der Waals surface area contributed by atoms with E-state index in [0.29, 0.717) is 0 Å². The molecule has 0 aliphatic carbocycles. The van der Waals surface area contributed by atoms with E-state index in [-0.39, 0.29) is 18.0 Å². The van der Waals surface area contributed by atoms with Crippen LogP contribution < -0.4 is 11.5 Å². The Kier molecular flexibility index (Phi) is 5.47. The van der Waals surface area contributed by atoms with Crippen LogP contribution in [-0.4, -0.2) is 36.2 Å². The average Bonchev–Trinajstić information content (AvgIpc) is 2.16. The molecule has 0 aromatic heterocycles. The van der Waals surface area contributed by atoms with Gasteiger partial charge in [-0.3, -0.25) is 9.79 Å². The molecule has 0 rings (SSSR count). The van der Waals surface area contributed by atoms with Crippen LogP contribution in [0.25, 0.3) is 0 Å². The topological polar surface area (TPSA) is 90.7 Å². The summed E-state index contributed by atoms with van der Waals surface area (Å²) >= 11 is 3.80. The Balaban J connectivity index is 4.53. The molecule has 0 spiro atoms. The fraction of sp³-hybridized carbons (Fsp3) is 0.750. The molecule has 0 heterocycles. The first kappa shape index (κ1) is 13.2. The fourth-order valence-electron chi connectivity index (χ4n) is 0.670. The Morgan fingerprint density at radius 3 is 2.75 bits per heavy atom. The molecule has 0 aliphatic heterocycles. The van der Waals surface area contributed by atoms with Crippen molar-refractivity contribution in [2.45, 2.75) is 25.5 Å². The normalized spacial score (nSPS) is 17.6. The number of halogens is 2. The van der Waals surface area contributed by atoms with Gasteiger partial charge in [-0.1, -0.05) is 0 Å². The molecule has 4 N–H and O–H groups in total. The van der Waals surface area contributed by atoms with E-state index in [2.05, 4.69) is 22.4 Å². The number of ether oxygens (including phenoxy) is 1. The maximum absolute atomic E-state index is 13.2. The van der Waals surface area contributed by atoms with Crippen LogP contribution in [0.1, 0.15) is 14.7 Å². The molecule has 0 aromatic rings. The molecule has 0 saturated carbocycles. The standard InChI is InChI=1S/C8H15F2N3O2S/c1-5(11)13-4-8(9,10)15-7(14)6(12)2-3-16/h6,16H,2-4,12H2,1H3,(H2,11,13)/t6-/m0/s1/i4D/t4?,6-. The molecule has 8 heteroatoms. The van der Waals surface area contributed by atoms with E-state index >= 15 is 0 Å². The van der Waals surface area contributed by atoms with E-state index < -0.39 is 24.6 Å². The van der Waals surface area contributed by atoms with Crippen molar-refractivity contribution in [2.24, 2.45) is 16.5 Å². The number of aliphatic imine (C=N–C) groups is 1. The lowest BCUT2D eigenvalue weighted by atomic mass is 10.2. The minimum Gasteiger partial charge on any atom is -0.398 e. The van der Waals surface area contributed by atoms with Gasteiger partial charge < -0.3 is 16.2 Å². The van der Waals surface area contributed by atoms with E-state index in [1.807, 2.05) is 0 Å². The first-order chi connectivity index (χ1) is 7.70. The number of hydrogen-bond donors (Lipinski definition) is 3. The number of esters is 1. The average molecular weight is 256 g/mol. The number of carbonyl (C=O) groups excluding carboxylic acids is 1. The highest BCUT2D eigenvalue weighted by molar-refractivity contribution is 7.80. The van der Waals surface area contributed by atoms with Crippen LogP contribution in [-0.2, 0) is 9.53 Å². The molecule has 0 radical (unpaired) electrons. The highest BCUT2D eigenvalue weighted by atomic mass is 32.1. The van der Waals surface area contributed by atoms with Crippen LogP contribution in [0.15, 0.2) is 4.99 Å². The van der Waals surface area contributed by atoms with E-state index in [9.17, 15) is 13.6 Å². The molecular formula is C8H15F2N3O2S. The molecular weight excluding hydrogens is 240 g/mol. The van der Waals surface area contributed by atoms with Gasteiger partial charge in [0.2, 0.25) is 0 Å². The van der Waals surface area contributed by atoms with E-state index in [4.69, 9.17) is 12.8 Å². The van der Waals surface area contributed by atoms with Gasteiger partial charge in [0, 0.05) is 0 Å². The number of carbonyl (C=O) groups is 1. The van der Waals surface area contributed by atoms with Gasteiger partial charge >= 0.3 is 12.1 Å². The van der Waals surface area contributed by atoms with Crippen molar-refractivity contribution in [3.8, 4) is 0 Å². The highest BCUT2D eigenvalue weighted by Gasteiger charge is 2.35. The van der Waals surface area contributed by atoms with Crippen molar-refractivity contribution in [3.63, 3.8) is 0 Å². The molecule has 0 saturated heterocycles. The van der Waals surface area contributed by atoms with Crippen molar-refractivity contribution in [1.82, 2.24) is 0 Å². The second-order valence-electron chi connectivity index (χ2n) is 3.00. The van der Waals surface area contributed by atoms with Gasteiger partial charge in [0.25, 0.3) is 0 Å². The van der Waals surface area contributed by atoms with E-state index in [1.54, 1.807) is 0 Å². The minimum atomic E-state index is -4.06. The molecule has 94 valence electrons. The number of nitrogens with two attached hydrogens (primary N) is 2. The summed E-state index contributed by atoms with van der Waals surface area (Å²) in [5, 5.41) is 0. The van der Waals surface area contributed by atoms with Crippen LogP contribution in [0.3, 0.4) is 0 Å². The predicted molar refractivity (Wildman–Crippen MR) is 59.6 cm³/mol. The van der Waals surface area contributed by atoms with Crippen LogP contribution in [0.4, 0.5) is 8.78 Å². The zero-order valence-electron chi connectivity index (χ0n) is 9.69. The Labute approximate surface area is 99.0 Å². The number of alkyl halides is 2. The van der Waals surface area contributed by atoms with Gasteiger partial charge in [-0.05, 0) is 19.1 Å². The maximum Gasteiger partial charge on any atom is 0.420 e. The second kappa shape index (κ2) is 6.64. The van der Waals surface area contributed by atoms with Crippen LogP contribution in [0.5, 0.6) is 0 Å². The summed E-state index contributed by atoms with van der Waals surface area (Å²) < 4.78 is 37.1. The summed E-state index contributed by atoms with van der Waals surface area (Å²) in [5.74, 6) is -1.25. The van der Waals surface area contributed by atoms with Gasteiger partial charge in [-0.2, -0.15) is 21.4 Å². The molecule has 0 fully saturated rings. The van der Waals surface area contributed by atoms with Gasteiger partial charge in [0.15, 0.2) is 0 Å². The lowest BCUT2D eigenvalue weighted by Gasteiger charge is -2.17.